The van der Waals surface area contributed by atoms with Crippen LogP contribution in [0.4, 0.5) is 0 Å². The van der Waals surface area contributed by atoms with Gasteiger partial charge in [-0.05, 0) is 35.0 Å². The Morgan fingerprint density at radius 1 is 1.64 bits per heavy atom. The maximum Gasteiger partial charge on any atom is 0.331 e. The molecule has 0 fully saturated rings. The van der Waals surface area contributed by atoms with E-state index in [1.807, 2.05) is 0 Å². The molecule has 4 nitrogen and oxygen atoms in total. The number of esters is 1. The number of methoxy groups -OCH3 is 1. The van der Waals surface area contributed by atoms with Gasteiger partial charge in [0.25, 0.3) is 0 Å². The monoisotopic (exact) mass is 258 g/mol. The molecule has 0 aromatic carbocycles. The Labute approximate surface area is 90.6 Å². The van der Waals surface area contributed by atoms with Crippen molar-refractivity contribution in [3.8, 4) is 0 Å². The number of ether oxygens (including phenoxy) is 1. The molecule has 0 spiro atoms. The summed E-state index contributed by atoms with van der Waals surface area (Å²) in [5.74, 6) is -0.511. The molecule has 0 amide bonds. The van der Waals surface area contributed by atoms with Crippen LogP contribution in [-0.4, -0.2) is 18.1 Å². The molecule has 0 bridgehead atoms. The van der Waals surface area contributed by atoms with Gasteiger partial charge in [0.15, 0.2) is 5.54 Å². The first-order chi connectivity index (χ1) is 6.48. The molecule has 0 aliphatic heterocycles. The highest BCUT2D eigenvalue weighted by atomic mass is 79.9. The minimum absolute atomic E-state index is 0.471. The second kappa shape index (κ2) is 4.06. The fourth-order valence-electron chi connectivity index (χ4n) is 1.01. The molecule has 2 N–H and O–H groups in total. The molecule has 1 aromatic heterocycles. The molecule has 1 aromatic rings. The molecule has 0 aliphatic rings. The lowest BCUT2D eigenvalue weighted by atomic mass is 9.99. The topological polar surface area (TPSA) is 65.2 Å². The van der Waals surface area contributed by atoms with E-state index in [-0.39, 0.29) is 0 Å². The Bertz CT molecular complexity index is 352. The van der Waals surface area contributed by atoms with Gasteiger partial charge in [0, 0.05) is 0 Å². The minimum atomic E-state index is -1.21. The highest BCUT2D eigenvalue weighted by Gasteiger charge is 2.33. The average Bonchev–Trinajstić information content (AvgIpc) is 2.16. The number of aromatic nitrogens is 1. The van der Waals surface area contributed by atoms with E-state index >= 15 is 0 Å². The number of carbonyl (C=O) groups is 1. The molecular formula is C9H11BrN2O2. The van der Waals surface area contributed by atoms with Gasteiger partial charge in [-0.2, -0.15) is 0 Å². The van der Waals surface area contributed by atoms with Crippen LogP contribution in [0, 0.1) is 0 Å². The molecule has 0 radical (unpaired) electrons. The second-order valence-electron chi connectivity index (χ2n) is 3.04. The number of rotatable bonds is 2. The van der Waals surface area contributed by atoms with Gasteiger partial charge in [-0.15, -0.1) is 0 Å². The van der Waals surface area contributed by atoms with E-state index in [0.29, 0.717) is 10.3 Å². The first-order valence-corrected chi connectivity index (χ1v) is 4.78. The molecule has 1 rings (SSSR count). The molecule has 1 atom stereocenters. The van der Waals surface area contributed by atoms with Crippen LogP contribution in [0.2, 0.25) is 0 Å². The van der Waals surface area contributed by atoms with E-state index in [1.54, 1.807) is 25.1 Å². The van der Waals surface area contributed by atoms with Crippen LogP contribution in [0.15, 0.2) is 22.8 Å². The van der Waals surface area contributed by atoms with E-state index in [0.717, 1.165) is 0 Å². The van der Waals surface area contributed by atoms with Gasteiger partial charge in [0.05, 0.1) is 12.8 Å². The molecular weight excluding hydrogens is 248 g/mol. The zero-order valence-electron chi connectivity index (χ0n) is 7.95. The summed E-state index contributed by atoms with van der Waals surface area (Å²) in [6.45, 7) is 1.56. The summed E-state index contributed by atoms with van der Waals surface area (Å²) < 4.78 is 5.22. The van der Waals surface area contributed by atoms with E-state index in [1.165, 1.54) is 7.11 Å². The summed E-state index contributed by atoms with van der Waals surface area (Å²) in [6, 6.07) is 5.21. The number of carbonyl (C=O) groups excluding carboxylic acids is 1. The number of halogens is 1. The number of nitrogens with two attached hydrogens (primary N) is 1. The van der Waals surface area contributed by atoms with Crippen molar-refractivity contribution >= 4 is 21.9 Å². The minimum Gasteiger partial charge on any atom is -0.467 e. The van der Waals surface area contributed by atoms with Crippen molar-refractivity contribution in [2.45, 2.75) is 12.5 Å². The van der Waals surface area contributed by atoms with Crippen molar-refractivity contribution in [1.82, 2.24) is 4.98 Å². The van der Waals surface area contributed by atoms with Crippen molar-refractivity contribution in [2.75, 3.05) is 7.11 Å². The predicted octanol–water partition coefficient (Wildman–Crippen LogP) is 1.19. The summed E-state index contributed by atoms with van der Waals surface area (Å²) in [4.78, 5) is 15.4. The van der Waals surface area contributed by atoms with Crippen LogP contribution in [0.1, 0.15) is 12.6 Å². The summed E-state index contributed by atoms with van der Waals surface area (Å²) in [6.07, 6.45) is 0. The maximum atomic E-state index is 11.3. The van der Waals surface area contributed by atoms with Crippen LogP contribution in [0.25, 0.3) is 0 Å². The molecule has 76 valence electrons. The Morgan fingerprint density at radius 3 is 2.79 bits per heavy atom. The summed E-state index contributed by atoms with van der Waals surface area (Å²) in [5.41, 5.74) is 5.06. The number of hydrogen-bond acceptors (Lipinski definition) is 4. The van der Waals surface area contributed by atoms with E-state index in [9.17, 15) is 4.79 Å². The van der Waals surface area contributed by atoms with Gasteiger partial charge < -0.3 is 10.5 Å². The molecule has 0 saturated heterocycles. The SMILES string of the molecule is COC(=O)[C@@](C)(N)c1cccc(Br)n1. The third-order valence-corrected chi connectivity index (χ3v) is 2.30. The lowest BCUT2D eigenvalue weighted by Crippen LogP contribution is -2.43. The van der Waals surface area contributed by atoms with Crippen molar-refractivity contribution in [1.29, 1.82) is 0 Å². The van der Waals surface area contributed by atoms with Crippen molar-refractivity contribution in [3.05, 3.63) is 28.5 Å². The van der Waals surface area contributed by atoms with Gasteiger partial charge in [0.2, 0.25) is 0 Å². The standard InChI is InChI=1S/C9H11BrN2O2/c1-9(11,8(13)14-2)6-4-3-5-7(10)12-6/h3-5H,11H2,1-2H3/t9-/m0/s1. The Morgan fingerprint density at radius 2 is 2.29 bits per heavy atom. The van der Waals surface area contributed by atoms with Crippen LogP contribution in [-0.2, 0) is 15.1 Å². The molecule has 0 saturated carbocycles. The summed E-state index contributed by atoms with van der Waals surface area (Å²) in [5, 5.41) is 0. The molecule has 5 heteroatoms. The zero-order chi connectivity index (χ0) is 10.8. The van der Waals surface area contributed by atoms with Gasteiger partial charge in [0.1, 0.15) is 4.60 Å². The fraction of sp³-hybridized carbons (Fsp3) is 0.333. The van der Waals surface area contributed by atoms with Crippen LogP contribution in [0.3, 0.4) is 0 Å². The van der Waals surface area contributed by atoms with Crippen LogP contribution in [0.5, 0.6) is 0 Å². The number of nitrogens with zero attached hydrogens (tertiary/aromatic N) is 1. The largest absolute Gasteiger partial charge is 0.467 e. The number of pyridine rings is 1. The van der Waals surface area contributed by atoms with Crippen LogP contribution >= 0.6 is 15.9 Å². The first kappa shape index (κ1) is 11.1. The zero-order valence-corrected chi connectivity index (χ0v) is 9.54. The maximum absolute atomic E-state index is 11.3. The van der Waals surface area contributed by atoms with Crippen molar-refractivity contribution in [3.63, 3.8) is 0 Å². The van der Waals surface area contributed by atoms with Gasteiger partial charge in [-0.3, -0.25) is 0 Å². The molecule has 1 heterocycles. The van der Waals surface area contributed by atoms with Gasteiger partial charge >= 0.3 is 5.97 Å². The van der Waals surface area contributed by atoms with Gasteiger partial charge in [-0.25, -0.2) is 9.78 Å². The first-order valence-electron chi connectivity index (χ1n) is 3.99. The Balaban J connectivity index is 3.09. The lowest BCUT2D eigenvalue weighted by molar-refractivity contribution is -0.146. The predicted molar refractivity (Wildman–Crippen MR) is 55.5 cm³/mol. The van der Waals surface area contributed by atoms with E-state index < -0.39 is 11.5 Å². The van der Waals surface area contributed by atoms with Gasteiger partial charge in [-0.1, -0.05) is 6.07 Å². The average molecular weight is 259 g/mol. The number of hydrogen-bond donors (Lipinski definition) is 1. The Hall–Kier alpha value is -0.940. The molecule has 14 heavy (non-hydrogen) atoms. The van der Waals surface area contributed by atoms with E-state index in [4.69, 9.17) is 5.73 Å². The molecule has 0 unspecified atom stereocenters. The highest BCUT2D eigenvalue weighted by Crippen LogP contribution is 2.18. The third-order valence-electron chi connectivity index (χ3n) is 1.86. The Kier molecular flexibility index (Phi) is 3.23. The third kappa shape index (κ3) is 2.10. The fourth-order valence-corrected chi connectivity index (χ4v) is 1.36. The summed E-state index contributed by atoms with van der Waals surface area (Å²) in [7, 11) is 1.30. The smallest absolute Gasteiger partial charge is 0.331 e. The van der Waals surface area contributed by atoms with Crippen LogP contribution < -0.4 is 5.73 Å². The van der Waals surface area contributed by atoms with Crippen molar-refractivity contribution < 1.29 is 9.53 Å². The highest BCUT2D eigenvalue weighted by molar-refractivity contribution is 9.10. The quantitative estimate of drug-likeness (QED) is 0.640. The van der Waals surface area contributed by atoms with E-state index in [2.05, 4.69) is 25.7 Å². The van der Waals surface area contributed by atoms with Crippen molar-refractivity contribution in [2.24, 2.45) is 5.73 Å². The second-order valence-corrected chi connectivity index (χ2v) is 3.85. The summed E-state index contributed by atoms with van der Waals surface area (Å²) >= 11 is 3.21. The lowest BCUT2D eigenvalue weighted by Gasteiger charge is -2.20. The molecule has 0 aliphatic carbocycles. The normalized spacial score (nSPS) is 14.6.